The van der Waals surface area contributed by atoms with Gasteiger partial charge in [0, 0.05) is 13.0 Å². The van der Waals surface area contributed by atoms with E-state index in [9.17, 15) is 0 Å². The lowest BCUT2D eigenvalue weighted by atomic mass is 9.97. The average Bonchev–Trinajstić information content (AvgIpc) is 3.36. The molecule has 1 aromatic carbocycles. The van der Waals surface area contributed by atoms with Crippen molar-refractivity contribution >= 4 is 11.9 Å². The molecule has 10 heteroatoms. The molecule has 10 nitrogen and oxygen atoms in total. The Morgan fingerprint density at radius 1 is 1.23 bits per heavy atom. The van der Waals surface area contributed by atoms with E-state index in [1.807, 2.05) is 44.4 Å². The van der Waals surface area contributed by atoms with E-state index >= 15 is 0 Å². The minimum atomic E-state index is -0.800. The van der Waals surface area contributed by atoms with Gasteiger partial charge in [-0.05, 0) is 44.3 Å². The molecule has 4 rings (SSSR count). The van der Waals surface area contributed by atoms with E-state index in [0.29, 0.717) is 31.2 Å². The molecule has 3 heterocycles. The molecule has 5 N–H and O–H groups in total. The van der Waals surface area contributed by atoms with Crippen molar-refractivity contribution in [3.8, 4) is 5.75 Å². The highest BCUT2D eigenvalue weighted by molar-refractivity contribution is 5.45. The van der Waals surface area contributed by atoms with Gasteiger partial charge in [0.05, 0.1) is 6.26 Å². The molecule has 0 fully saturated rings. The van der Waals surface area contributed by atoms with E-state index in [1.165, 1.54) is 4.68 Å². The number of para-hydroxylation sites is 1. The largest absolute Gasteiger partial charge is 0.492 e. The van der Waals surface area contributed by atoms with Crippen molar-refractivity contribution in [1.29, 1.82) is 5.41 Å². The maximum Gasteiger partial charge on any atom is 0.247 e. The zero-order valence-corrected chi connectivity index (χ0v) is 17.1. The second kappa shape index (κ2) is 8.07. The number of hydrogen-bond acceptors (Lipinski definition) is 9. The smallest absolute Gasteiger partial charge is 0.247 e. The number of nitrogens with zero attached hydrogens (tertiary/aromatic N) is 4. The molecule has 1 aliphatic rings. The van der Waals surface area contributed by atoms with Crippen LogP contribution in [0, 0.1) is 5.41 Å². The predicted molar refractivity (Wildman–Crippen MR) is 112 cm³/mol. The van der Waals surface area contributed by atoms with Crippen molar-refractivity contribution in [2.24, 2.45) is 0 Å². The van der Waals surface area contributed by atoms with Crippen LogP contribution in [0.5, 0.6) is 5.75 Å². The van der Waals surface area contributed by atoms with Crippen LogP contribution in [0.25, 0.3) is 0 Å². The Hall–Kier alpha value is -3.53. The van der Waals surface area contributed by atoms with Gasteiger partial charge in [-0.15, -0.1) is 0 Å². The summed E-state index contributed by atoms with van der Waals surface area (Å²) < 4.78 is 13.2. The van der Waals surface area contributed by atoms with Crippen LogP contribution in [0.15, 0.2) is 47.1 Å². The van der Waals surface area contributed by atoms with Gasteiger partial charge in [0.15, 0.2) is 11.4 Å². The summed E-state index contributed by atoms with van der Waals surface area (Å²) in [6, 6.07) is 11.7. The lowest BCUT2D eigenvalue weighted by Crippen LogP contribution is -2.43. The zero-order valence-electron chi connectivity index (χ0n) is 17.1. The Morgan fingerprint density at radius 2 is 2.07 bits per heavy atom. The average molecular weight is 410 g/mol. The molecule has 30 heavy (non-hydrogen) atoms. The number of hydrogen-bond donors (Lipinski definition) is 4. The van der Waals surface area contributed by atoms with Gasteiger partial charge in [0.2, 0.25) is 17.5 Å². The van der Waals surface area contributed by atoms with E-state index in [-0.39, 0.29) is 11.6 Å². The summed E-state index contributed by atoms with van der Waals surface area (Å²) in [5, 5.41) is 11.4. The van der Waals surface area contributed by atoms with Crippen molar-refractivity contribution in [3.63, 3.8) is 0 Å². The number of ether oxygens (including phenoxy) is 1. The normalized spacial score (nSPS) is 17.4. The zero-order chi connectivity index (χ0) is 21.1. The summed E-state index contributed by atoms with van der Waals surface area (Å²) in [7, 11) is 4.04. The third-order valence-corrected chi connectivity index (χ3v) is 4.97. The van der Waals surface area contributed by atoms with E-state index in [2.05, 4.69) is 31.7 Å². The maximum absolute atomic E-state index is 8.11. The number of nitrogens with one attached hydrogen (secondary N) is 3. The summed E-state index contributed by atoms with van der Waals surface area (Å²) >= 11 is 0. The van der Waals surface area contributed by atoms with Gasteiger partial charge in [-0.1, -0.05) is 18.2 Å². The highest BCUT2D eigenvalue weighted by Gasteiger charge is 2.42. The number of fused-ring (bicyclic) bond motifs is 1. The number of aromatic nitrogens is 3. The Kier molecular flexibility index (Phi) is 5.32. The van der Waals surface area contributed by atoms with Crippen LogP contribution in [0.2, 0.25) is 0 Å². The molecular weight excluding hydrogens is 384 g/mol. The molecule has 0 aliphatic carbocycles. The molecule has 3 aromatic rings. The Balaban J connectivity index is 1.58. The van der Waals surface area contributed by atoms with Crippen LogP contribution in [0.3, 0.4) is 0 Å². The lowest BCUT2D eigenvalue weighted by molar-refractivity contribution is 0.259. The van der Waals surface area contributed by atoms with Crippen LogP contribution >= 0.6 is 0 Å². The summed E-state index contributed by atoms with van der Waals surface area (Å²) in [5.41, 5.74) is 9.26. The number of nitrogens with two attached hydrogens (primary N) is 1. The molecule has 0 bridgehead atoms. The fraction of sp³-hybridized carbons (Fsp3) is 0.350. The van der Waals surface area contributed by atoms with Crippen LogP contribution in [-0.4, -0.2) is 46.8 Å². The van der Waals surface area contributed by atoms with Crippen molar-refractivity contribution in [2.45, 2.75) is 18.5 Å². The Labute approximate surface area is 174 Å². The van der Waals surface area contributed by atoms with Gasteiger partial charge in [-0.2, -0.15) is 14.6 Å². The molecule has 2 aromatic heterocycles. The summed E-state index contributed by atoms with van der Waals surface area (Å²) in [6.45, 7) is 1.45. The Morgan fingerprint density at radius 3 is 2.83 bits per heavy atom. The number of furan rings is 1. The number of benzene rings is 1. The summed E-state index contributed by atoms with van der Waals surface area (Å²) in [4.78, 5) is 10.2. The van der Waals surface area contributed by atoms with Gasteiger partial charge in [-0.3, -0.25) is 10.8 Å². The maximum atomic E-state index is 8.11. The third kappa shape index (κ3) is 3.94. The van der Waals surface area contributed by atoms with Crippen LogP contribution in [0.4, 0.5) is 11.9 Å². The molecule has 0 amide bonds. The standard InChI is InChI=1S/C20H26N8O2/c1-27(2)11-13-29-15-7-4-3-6-14(15)9-10-20(16-8-5-12-30-16)25-19-24-17(21)23-18(22)28(19)26-20/h3-8,12,26H,9-11,13H2,1-2H3,(H4,21,22,23,24,25). The number of nitrogen functional groups attached to an aromatic ring is 1. The van der Waals surface area contributed by atoms with Gasteiger partial charge in [0.1, 0.15) is 12.4 Å². The van der Waals surface area contributed by atoms with Crippen molar-refractivity contribution in [1.82, 2.24) is 19.5 Å². The second-order valence-electron chi connectivity index (χ2n) is 7.44. The van der Waals surface area contributed by atoms with E-state index in [0.717, 1.165) is 17.9 Å². The molecule has 158 valence electrons. The molecule has 0 saturated carbocycles. The first-order valence-corrected chi connectivity index (χ1v) is 9.74. The molecule has 1 aliphatic heterocycles. The van der Waals surface area contributed by atoms with Gasteiger partial charge < -0.3 is 25.1 Å². The highest BCUT2D eigenvalue weighted by atomic mass is 16.5. The Bertz CT molecular complexity index is 1060. The number of aryl methyl sites for hydroxylation is 1. The van der Waals surface area contributed by atoms with Gasteiger partial charge in [-0.25, -0.2) is 0 Å². The number of anilines is 2. The second-order valence-corrected chi connectivity index (χ2v) is 7.44. The summed E-state index contributed by atoms with van der Waals surface area (Å²) in [6.07, 6.45) is 2.93. The lowest BCUT2D eigenvalue weighted by Gasteiger charge is -2.28. The summed E-state index contributed by atoms with van der Waals surface area (Å²) in [5.74, 6) is 1.99. The molecule has 0 radical (unpaired) electrons. The first kappa shape index (κ1) is 19.8. The minimum absolute atomic E-state index is 0.0362. The van der Waals surface area contributed by atoms with Crippen LogP contribution in [-0.2, 0) is 12.1 Å². The van der Waals surface area contributed by atoms with Crippen molar-refractivity contribution in [3.05, 3.63) is 59.6 Å². The monoisotopic (exact) mass is 410 g/mol. The van der Waals surface area contributed by atoms with Crippen molar-refractivity contribution < 1.29 is 9.15 Å². The van der Waals surface area contributed by atoms with Crippen molar-refractivity contribution in [2.75, 3.05) is 43.7 Å². The number of likely N-dealkylation sites (N-methyl/N-ethyl adjacent to an activating group) is 1. The molecule has 0 saturated heterocycles. The molecule has 1 unspecified atom stereocenters. The SMILES string of the molecule is CN(C)CCOc1ccccc1CCC1(c2ccco2)Nc2nc(N)nc(=N)n2N1. The molecular formula is C20H26N8O2. The van der Waals surface area contributed by atoms with Gasteiger partial charge in [0.25, 0.3) is 0 Å². The van der Waals surface area contributed by atoms with Gasteiger partial charge >= 0.3 is 0 Å². The first-order chi connectivity index (χ1) is 14.5. The van der Waals surface area contributed by atoms with Crippen LogP contribution < -0.4 is 26.8 Å². The van der Waals surface area contributed by atoms with E-state index in [1.54, 1.807) is 6.26 Å². The quantitative estimate of drug-likeness (QED) is 0.438. The molecule has 1 atom stereocenters. The minimum Gasteiger partial charge on any atom is -0.492 e. The predicted octanol–water partition coefficient (Wildman–Crippen LogP) is 1.33. The van der Waals surface area contributed by atoms with E-state index in [4.69, 9.17) is 20.3 Å². The first-order valence-electron chi connectivity index (χ1n) is 9.74. The fourth-order valence-corrected chi connectivity index (χ4v) is 3.43. The molecule has 0 spiro atoms. The van der Waals surface area contributed by atoms with E-state index < -0.39 is 5.66 Å². The number of rotatable bonds is 8. The van der Waals surface area contributed by atoms with Crippen LogP contribution in [0.1, 0.15) is 17.7 Å². The highest BCUT2D eigenvalue weighted by Crippen LogP contribution is 2.34. The third-order valence-electron chi connectivity index (χ3n) is 4.97. The fourth-order valence-electron chi connectivity index (χ4n) is 3.43. The topological polar surface area (TPSA) is 130 Å².